The normalized spacial score (nSPS) is 11.5. The predicted octanol–water partition coefficient (Wildman–Crippen LogP) is 14.4. The van der Waals surface area contributed by atoms with Gasteiger partial charge in [-0.1, -0.05) is 127 Å². The van der Waals surface area contributed by atoms with E-state index >= 15 is 0 Å². The Kier molecular flexibility index (Phi) is 7.04. The van der Waals surface area contributed by atoms with E-state index in [2.05, 4.69) is 187 Å². The molecule has 2 heterocycles. The molecule has 2 nitrogen and oxygen atoms in total. The van der Waals surface area contributed by atoms with Gasteiger partial charge in [0.25, 0.3) is 0 Å². The first-order chi connectivity index (χ1) is 25.3. The van der Waals surface area contributed by atoms with E-state index in [0.29, 0.717) is 0 Å². The van der Waals surface area contributed by atoms with Gasteiger partial charge in [0.05, 0.1) is 5.69 Å². The second-order valence-corrected chi connectivity index (χ2v) is 14.0. The Hall–Kier alpha value is -6.42. The minimum atomic E-state index is 0.862. The molecule has 2 aromatic heterocycles. The van der Waals surface area contributed by atoms with Crippen LogP contribution in [0.3, 0.4) is 0 Å². The van der Waals surface area contributed by atoms with Crippen LogP contribution in [-0.4, -0.2) is 0 Å². The molecule has 10 rings (SSSR count). The summed E-state index contributed by atoms with van der Waals surface area (Å²) in [5.41, 5.74) is 11.9. The lowest BCUT2D eigenvalue weighted by Crippen LogP contribution is -2.10. The van der Waals surface area contributed by atoms with E-state index in [1.807, 2.05) is 17.4 Å². The molecular weight excluding hydrogens is 639 g/mol. The molecule has 0 saturated carbocycles. The Labute approximate surface area is 300 Å². The Bertz CT molecular complexity index is 2750. The summed E-state index contributed by atoms with van der Waals surface area (Å²) in [5, 5.41) is 4.79. The number of benzene rings is 8. The predicted molar refractivity (Wildman–Crippen MR) is 218 cm³/mol. The number of hydrogen-bond donors (Lipinski definition) is 0. The summed E-state index contributed by atoms with van der Waals surface area (Å²) in [6, 6.07) is 67.4. The van der Waals surface area contributed by atoms with Gasteiger partial charge in [-0.2, -0.15) is 0 Å². The molecule has 0 N–H and O–H groups in total. The fourth-order valence-corrected chi connectivity index (χ4v) is 8.43. The maximum absolute atomic E-state index is 6.76. The molecule has 0 amide bonds. The SMILES string of the molecule is c1ccc(-c2ccc(N(c3ccc(-c4ccccc4)cc3)c3cc(-c4ccc5sc6ccccc6c5c4)cc4c3oc3ccccc34)cc2)cc1. The summed E-state index contributed by atoms with van der Waals surface area (Å²) < 4.78 is 9.37. The molecule has 3 heteroatoms. The van der Waals surface area contributed by atoms with Crippen LogP contribution in [0, 0.1) is 0 Å². The van der Waals surface area contributed by atoms with Crippen molar-refractivity contribution in [1.82, 2.24) is 0 Å². The van der Waals surface area contributed by atoms with Crippen molar-refractivity contribution < 1.29 is 4.42 Å². The second-order valence-electron chi connectivity index (χ2n) is 12.9. The molecule has 0 bridgehead atoms. The molecule has 0 spiro atoms. The van der Waals surface area contributed by atoms with Gasteiger partial charge in [0.2, 0.25) is 0 Å². The van der Waals surface area contributed by atoms with Crippen molar-refractivity contribution in [3.05, 3.63) is 188 Å². The van der Waals surface area contributed by atoms with Gasteiger partial charge in [0.1, 0.15) is 5.58 Å². The Morgan fingerprint density at radius 2 is 0.863 bits per heavy atom. The van der Waals surface area contributed by atoms with Crippen LogP contribution in [0.15, 0.2) is 192 Å². The largest absolute Gasteiger partial charge is 0.454 e. The van der Waals surface area contributed by atoms with Crippen molar-refractivity contribution in [2.45, 2.75) is 0 Å². The van der Waals surface area contributed by atoms with Crippen LogP contribution >= 0.6 is 11.3 Å². The van der Waals surface area contributed by atoms with E-state index in [9.17, 15) is 0 Å². The number of hydrogen-bond acceptors (Lipinski definition) is 3. The molecular formula is C48H31NOS. The smallest absolute Gasteiger partial charge is 0.159 e. The lowest BCUT2D eigenvalue weighted by Gasteiger charge is -2.26. The van der Waals surface area contributed by atoms with Crippen LogP contribution in [0.4, 0.5) is 17.1 Å². The van der Waals surface area contributed by atoms with Crippen molar-refractivity contribution in [3.63, 3.8) is 0 Å². The van der Waals surface area contributed by atoms with Crippen LogP contribution in [0.1, 0.15) is 0 Å². The Morgan fingerprint density at radius 3 is 1.53 bits per heavy atom. The standard InChI is InChI=1S/C48H31NOS/c1-3-11-32(12-4-1)34-19-24-38(25-20-34)49(39-26-21-35(22-27-39)33-13-5-2-6-14-33)44-31-37(30-43-40-15-7-9-17-45(40)50-48(43)44)36-23-28-47-42(29-36)41-16-8-10-18-46(41)51-47/h1-31H. The van der Waals surface area contributed by atoms with E-state index < -0.39 is 0 Å². The minimum absolute atomic E-state index is 0.862. The summed E-state index contributed by atoms with van der Waals surface area (Å²) in [4.78, 5) is 2.34. The number of rotatable bonds is 6. The Morgan fingerprint density at radius 1 is 0.353 bits per heavy atom. The van der Waals surface area contributed by atoms with E-state index in [4.69, 9.17) is 4.42 Å². The van der Waals surface area contributed by atoms with Crippen LogP contribution < -0.4 is 4.90 Å². The van der Waals surface area contributed by atoms with Crippen molar-refractivity contribution in [2.75, 3.05) is 4.90 Å². The maximum atomic E-state index is 6.76. The van der Waals surface area contributed by atoms with Crippen molar-refractivity contribution in [3.8, 4) is 33.4 Å². The highest BCUT2D eigenvalue weighted by Crippen LogP contribution is 2.46. The van der Waals surface area contributed by atoms with Gasteiger partial charge in [-0.15, -0.1) is 11.3 Å². The molecule has 10 aromatic rings. The number of anilines is 3. The number of furan rings is 1. The molecule has 0 aliphatic carbocycles. The summed E-state index contributed by atoms with van der Waals surface area (Å²) in [6.07, 6.45) is 0. The molecule has 8 aromatic carbocycles. The first-order valence-electron chi connectivity index (χ1n) is 17.2. The van der Waals surface area contributed by atoms with E-state index in [1.54, 1.807) is 0 Å². The highest BCUT2D eigenvalue weighted by Gasteiger charge is 2.22. The van der Waals surface area contributed by atoms with E-state index in [-0.39, 0.29) is 0 Å². The molecule has 0 atom stereocenters. The van der Waals surface area contributed by atoms with Crippen molar-refractivity contribution >= 4 is 70.5 Å². The van der Waals surface area contributed by atoms with Crippen LogP contribution in [0.5, 0.6) is 0 Å². The van der Waals surface area contributed by atoms with Gasteiger partial charge < -0.3 is 9.32 Å². The zero-order valence-electron chi connectivity index (χ0n) is 27.7. The summed E-state index contributed by atoms with van der Waals surface area (Å²) in [5.74, 6) is 0. The number of thiophene rings is 1. The minimum Gasteiger partial charge on any atom is -0.454 e. The summed E-state index contributed by atoms with van der Waals surface area (Å²) in [6.45, 7) is 0. The quantitative estimate of drug-likeness (QED) is 0.175. The molecule has 0 aliphatic rings. The fraction of sp³-hybridized carbons (Fsp3) is 0. The zero-order chi connectivity index (χ0) is 33.7. The first kappa shape index (κ1) is 29.5. The third kappa shape index (κ3) is 5.18. The van der Waals surface area contributed by atoms with Gasteiger partial charge >= 0.3 is 0 Å². The molecule has 0 radical (unpaired) electrons. The molecule has 240 valence electrons. The number of para-hydroxylation sites is 1. The fourth-order valence-electron chi connectivity index (χ4n) is 7.34. The third-order valence-corrected chi connectivity index (χ3v) is 11.0. The Balaban J connectivity index is 1.20. The van der Waals surface area contributed by atoms with Gasteiger partial charge in [-0.25, -0.2) is 0 Å². The summed E-state index contributed by atoms with van der Waals surface area (Å²) >= 11 is 1.85. The average molecular weight is 670 g/mol. The maximum Gasteiger partial charge on any atom is 0.159 e. The molecule has 0 aliphatic heterocycles. The highest BCUT2D eigenvalue weighted by atomic mass is 32.1. The topological polar surface area (TPSA) is 16.4 Å². The van der Waals surface area contributed by atoms with Gasteiger partial charge in [-0.05, 0) is 94.0 Å². The number of fused-ring (bicyclic) bond motifs is 6. The van der Waals surface area contributed by atoms with Gasteiger partial charge in [0, 0.05) is 42.3 Å². The molecule has 0 saturated heterocycles. The van der Waals surface area contributed by atoms with Gasteiger partial charge in [0.15, 0.2) is 5.58 Å². The third-order valence-electron chi connectivity index (χ3n) is 9.87. The monoisotopic (exact) mass is 669 g/mol. The molecule has 0 fully saturated rings. The molecule has 0 unspecified atom stereocenters. The van der Waals surface area contributed by atoms with Crippen LogP contribution in [0.25, 0.3) is 75.5 Å². The van der Waals surface area contributed by atoms with Crippen molar-refractivity contribution in [2.24, 2.45) is 0 Å². The summed E-state index contributed by atoms with van der Waals surface area (Å²) in [7, 11) is 0. The zero-order valence-corrected chi connectivity index (χ0v) is 28.5. The van der Waals surface area contributed by atoms with Crippen LogP contribution in [-0.2, 0) is 0 Å². The second kappa shape index (κ2) is 12.2. The van der Waals surface area contributed by atoms with Gasteiger partial charge in [-0.3, -0.25) is 0 Å². The lowest BCUT2D eigenvalue weighted by molar-refractivity contribution is 0.669. The first-order valence-corrected chi connectivity index (χ1v) is 18.1. The van der Waals surface area contributed by atoms with Crippen molar-refractivity contribution in [1.29, 1.82) is 0 Å². The molecule has 51 heavy (non-hydrogen) atoms. The number of nitrogens with zero attached hydrogens (tertiary/aromatic N) is 1. The average Bonchev–Trinajstić information content (AvgIpc) is 3.77. The van der Waals surface area contributed by atoms with E-state index in [0.717, 1.165) is 44.6 Å². The lowest BCUT2D eigenvalue weighted by atomic mass is 9.98. The van der Waals surface area contributed by atoms with E-state index in [1.165, 1.54) is 48.0 Å². The highest BCUT2D eigenvalue weighted by molar-refractivity contribution is 7.25. The van der Waals surface area contributed by atoms with Crippen LogP contribution in [0.2, 0.25) is 0 Å².